The van der Waals surface area contributed by atoms with Gasteiger partial charge in [0.2, 0.25) is 0 Å². The van der Waals surface area contributed by atoms with E-state index >= 15 is 0 Å². The molecule has 15 heavy (non-hydrogen) atoms. The second-order valence-corrected chi connectivity index (χ2v) is 3.66. The number of pyridine rings is 1. The Hall–Kier alpha value is -1.38. The number of aromatic nitrogens is 1. The Morgan fingerprint density at radius 1 is 1.20 bits per heavy atom. The van der Waals surface area contributed by atoms with E-state index in [1.54, 1.807) is 12.3 Å². The Kier molecular flexibility index (Phi) is 2.99. The first-order valence-corrected chi connectivity index (χ1v) is 4.99. The lowest BCUT2D eigenvalue weighted by molar-refractivity contribution is 0.282. The van der Waals surface area contributed by atoms with E-state index in [-0.39, 0.29) is 6.61 Å². The van der Waals surface area contributed by atoms with Crippen LogP contribution in [0, 0.1) is 0 Å². The molecule has 0 saturated heterocycles. The molecule has 0 bridgehead atoms. The highest BCUT2D eigenvalue weighted by atomic mass is 35.5. The third kappa shape index (κ3) is 2.35. The molecule has 0 unspecified atom stereocenters. The van der Waals surface area contributed by atoms with Gasteiger partial charge in [-0.15, -0.1) is 0 Å². The van der Waals surface area contributed by atoms with Crippen molar-refractivity contribution in [2.24, 2.45) is 0 Å². The van der Waals surface area contributed by atoms with Crippen molar-refractivity contribution in [1.29, 1.82) is 0 Å². The minimum Gasteiger partial charge on any atom is -0.392 e. The summed E-state index contributed by atoms with van der Waals surface area (Å²) in [5, 5.41) is 9.67. The molecule has 1 aromatic carbocycles. The van der Waals surface area contributed by atoms with Gasteiger partial charge in [0, 0.05) is 16.8 Å². The van der Waals surface area contributed by atoms with Gasteiger partial charge in [0.15, 0.2) is 0 Å². The van der Waals surface area contributed by atoms with Gasteiger partial charge in [-0.2, -0.15) is 0 Å². The van der Waals surface area contributed by atoms with Crippen molar-refractivity contribution in [2.45, 2.75) is 6.61 Å². The molecule has 0 amide bonds. The van der Waals surface area contributed by atoms with Gasteiger partial charge >= 0.3 is 0 Å². The molecule has 0 aliphatic carbocycles. The third-order valence-corrected chi connectivity index (χ3v) is 2.32. The van der Waals surface area contributed by atoms with Gasteiger partial charge in [-0.25, -0.2) is 0 Å². The van der Waals surface area contributed by atoms with Crippen molar-refractivity contribution in [2.75, 3.05) is 0 Å². The van der Waals surface area contributed by atoms with Gasteiger partial charge in [0.05, 0.1) is 12.3 Å². The first-order chi connectivity index (χ1) is 7.29. The van der Waals surface area contributed by atoms with E-state index in [1.807, 2.05) is 30.3 Å². The molecule has 2 rings (SSSR count). The van der Waals surface area contributed by atoms with Crippen LogP contribution in [-0.2, 0) is 6.61 Å². The molecular formula is C12H10ClNO. The number of hydrogen-bond acceptors (Lipinski definition) is 2. The Balaban J connectivity index is 2.49. The molecule has 0 saturated carbocycles. The number of hydrogen-bond donors (Lipinski definition) is 1. The predicted octanol–water partition coefficient (Wildman–Crippen LogP) is 2.89. The number of aliphatic hydroxyl groups excluding tert-OH is 1. The quantitative estimate of drug-likeness (QED) is 0.843. The molecule has 2 nitrogen and oxygen atoms in total. The molecule has 2 aromatic rings. The molecule has 76 valence electrons. The maximum Gasteiger partial charge on any atom is 0.0702 e. The molecule has 0 fully saturated rings. The molecule has 0 aliphatic heterocycles. The smallest absolute Gasteiger partial charge is 0.0702 e. The number of benzene rings is 1. The van der Waals surface area contributed by atoms with Crippen molar-refractivity contribution in [3.8, 4) is 11.3 Å². The van der Waals surface area contributed by atoms with Gasteiger partial charge in [-0.05, 0) is 35.9 Å². The summed E-state index contributed by atoms with van der Waals surface area (Å²) in [4.78, 5) is 4.23. The third-order valence-electron chi connectivity index (χ3n) is 2.10. The van der Waals surface area contributed by atoms with E-state index < -0.39 is 0 Å². The zero-order chi connectivity index (χ0) is 10.7. The summed E-state index contributed by atoms with van der Waals surface area (Å²) in [5.74, 6) is 0. The lowest BCUT2D eigenvalue weighted by Crippen LogP contribution is -1.87. The van der Waals surface area contributed by atoms with Crippen LogP contribution in [0.2, 0.25) is 5.02 Å². The van der Waals surface area contributed by atoms with E-state index in [2.05, 4.69) is 4.98 Å². The summed E-state index contributed by atoms with van der Waals surface area (Å²) in [5.41, 5.74) is 2.57. The minimum atomic E-state index is -0.0135. The molecule has 0 spiro atoms. The fraction of sp³-hybridized carbons (Fsp3) is 0.0833. The molecule has 1 heterocycles. The van der Waals surface area contributed by atoms with Crippen LogP contribution in [0.25, 0.3) is 11.3 Å². The zero-order valence-electron chi connectivity index (χ0n) is 8.02. The predicted molar refractivity (Wildman–Crippen MR) is 60.6 cm³/mol. The Morgan fingerprint density at radius 2 is 2.07 bits per heavy atom. The molecular weight excluding hydrogens is 210 g/mol. The SMILES string of the molecule is OCc1cc(Cl)cc(-c2ccccn2)c1. The number of aliphatic hydroxyl groups is 1. The topological polar surface area (TPSA) is 33.1 Å². The van der Waals surface area contributed by atoms with Crippen molar-refractivity contribution >= 4 is 11.6 Å². The standard InChI is InChI=1S/C12H10ClNO/c13-11-6-9(8-15)5-10(7-11)12-3-1-2-4-14-12/h1-7,15H,8H2. The fourth-order valence-corrected chi connectivity index (χ4v) is 1.68. The lowest BCUT2D eigenvalue weighted by Gasteiger charge is -2.04. The summed E-state index contributed by atoms with van der Waals surface area (Å²) >= 11 is 5.94. The van der Waals surface area contributed by atoms with Crippen molar-refractivity contribution in [1.82, 2.24) is 4.98 Å². The van der Waals surface area contributed by atoms with E-state index in [4.69, 9.17) is 16.7 Å². The summed E-state index contributed by atoms with van der Waals surface area (Å²) < 4.78 is 0. The van der Waals surface area contributed by atoms with Gasteiger partial charge in [-0.3, -0.25) is 4.98 Å². The number of nitrogens with zero attached hydrogens (tertiary/aromatic N) is 1. The monoisotopic (exact) mass is 219 g/mol. The van der Waals surface area contributed by atoms with Gasteiger partial charge in [0.1, 0.15) is 0 Å². The van der Waals surface area contributed by atoms with Gasteiger partial charge in [-0.1, -0.05) is 17.7 Å². The van der Waals surface area contributed by atoms with Crippen LogP contribution in [0.3, 0.4) is 0 Å². The highest BCUT2D eigenvalue weighted by Gasteiger charge is 2.02. The van der Waals surface area contributed by atoms with Crippen LogP contribution in [0.15, 0.2) is 42.6 Å². The minimum absolute atomic E-state index is 0.0135. The number of rotatable bonds is 2. The average molecular weight is 220 g/mol. The van der Waals surface area contributed by atoms with E-state index in [0.29, 0.717) is 5.02 Å². The van der Waals surface area contributed by atoms with Crippen molar-refractivity contribution in [3.05, 3.63) is 53.2 Å². The summed E-state index contributed by atoms with van der Waals surface area (Å²) in [7, 11) is 0. The summed E-state index contributed by atoms with van der Waals surface area (Å²) in [6.07, 6.45) is 1.73. The molecule has 0 radical (unpaired) electrons. The van der Waals surface area contributed by atoms with E-state index in [0.717, 1.165) is 16.8 Å². The molecule has 3 heteroatoms. The number of halogens is 1. The van der Waals surface area contributed by atoms with Crippen LogP contribution in [0.1, 0.15) is 5.56 Å². The van der Waals surface area contributed by atoms with Gasteiger partial charge in [0.25, 0.3) is 0 Å². The summed E-state index contributed by atoms with van der Waals surface area (Å²) in [6, 6.07) is 11.2. The summed E-state index contributed by atoms with van der Waals surface area (Å²) in [6.45, 7) is -0.0135. The van der Waals surface area contributed by atoms with Crippen molar-refractivity contribution < 1.29 is 5.11 Å². The lowest BCUT2D eigenvalue weighted by atomic mass is 10.1. The maximum atomic E-state index is 9.05. The highest BCUT2D eigenvalue weighted by molar-refractivity contribution is 6.30. The molecule has 1 aromatic heterocycles. The molecule has 0 atom stereocenters. The van der Waals surface area contributed by atoms with Crippen LogP contribution in [0.5, 0.6) is 0 Å². The normalized spacial score (nSPS) is 10.3. The highest BCUT2D eigenvalue weighted by Crippen LogP contribution is 2.23. The van der Waals surface area contributed by atoms with Crippen molar-refractivity contribution in [3.63, 3.8) is 0 Å². The first-order valence-electron chi connectivity index (χ1n) is 4.61. The second kappa shape index (κ2) is 4.43. The molecule has 1 N–H and O–H groups in total. The fourth-order valence-electron chi connectivity index (χ4n) is 1.42. The van der Waals surface area contributed by atoms with Crippen LogP contribution in [-0.4, -0.2) is 10.1 Å². The Labute approximate surface area is 93.2 Å². The zero-order valence-corrected chi connectivity index (χ0v) is 8.78. The van der Waals surface area contributed by atoms with E-state index in [9.17, 15) is 0 Å². The largest absolute Gasteiger partial charge is 0.392 e. The van der Waals surface area contributed by atoms with Gasteiger partial charge < -0.3 is 5.11 Å². The van der Waals surface area contributed by atoms with E-state index in [1.165, 1.54) is 0 Å². The Bertz CT molecular complexity index is 456. The van der Waals surface area contributed by atoms with Crippen LogP contribution in [0.4, 0.5) is 0 Å². The molecule has 0 aliphatic rings. The van der Waals surface area contributed by atoms with Crippen LogP contribution >= 0.6 is 11.6 Å². The second-order valence-electron chi connectivity index (χ2n) is 3.22. The Morgan fingerprint density at radius 3 is 2.73 bits per heavy atom. The maximum absolute atomic E-state index is 9.05. The average Bonchev–Trinajstić information content (AvgIpc) is 2.29. The van der Waals surface area contributed by atoms with Crippen LogP contribution < -0.4 is 0 Å². The first kappa shape index (κ1) is 10.1.